The van der Waals surface area contributed by atoms with Gasteiger partial charge < -0.3 is 9.64 Å². The second kappa shape index (κ2) is 10.4. The molecular weight excluding hydrogens is 458 g/mol. The molecule has 0 spiro atoms. The number of methoxy groups -OCH3 is 1. The molecule has 0 aliphatic heterocycles. The summed E-state index contributed by atoms with van der Waals surface area (Å²) in [7, 11) is 1.59. The van der Waals surface area contributed by atoms with E-state index in [2.05, 4.69) is 4.98 Å². The van der Waals surface area contributed by atoms with Crippen molar-refractivity contribution < 1.29 is 17.9 Å². The molecule has 2 aromatic carbocycles. The first kappa shape index (κ1) is 25.1. The van der Waals surface area contributed by atoms with Crippen LogP contribution in [-0.4, -0.2) is 64.3 Å². The molecule has 0 fully saturated rings. The molecule has 0 radical (unpaired) electrons. The second-order valence-electron chi connectivity index (χ2n) is 7.22. The summed E-state index contributed by atoms with van der Waals surface area (Å²) in [6.07, 6.45) is 0. The van der Waals surface area contributed by atoms with Crippen molar-refractivity contribution in [3.8, 4) is 5.75 Å². The molecule has 0 N–H and O–H groups in total. The van der Waals surface area contributed by atoms with E-state index in [9.17, 15) is 13.2 Å². The third-order valence-electron chi connectivity index (χ3n) is 4.59. The summed E-state index contributed by atoms with van der Waals surface area (Å²) >= 11 is 1.34. The Bertz CT molecular complexity index is 1150. The fourth-order valence-electron chi connectivity index (χ4n) is 2.89. The van der Waals surface area contributed by atoms with Gasteiger partial charge in [0, 0.05) is 13.1 Å². The fourth-order valence-corrected chi connectivity index (χ4v) is 5.11. The lowest BCUT2D eigenvalue weighted by atomic mass is 10.2. The van der Waals surface area contributed by atoms with Gasteiger partial charge in [-0.2, -0.15) is 0 Å². The fraction of sp³-hybridized carbons (Fsp3) is 0.333. The number of aromatic nitrogens is 1. The Kier molecular flexibility index (Phi) is 8.41. The van der Waals surface area contributed by atoms with Crippen LogP contribution in [-0.2, 0) is 14.6 Å². The number of carbonyl (C=O) groups excluding carboxylic acids is 1. The number of halogens is 1. The molecular formula is C21H26ClN3O4S2. The van der Waals surface area contributed by atoms with Crippen LogP contribution in [0, 0.1) is 6.92 Å². The quantitative estimate of drug-likeness (QED) is 0.488. The summed E-state index contributed by atoms with van der Waals surface area (Å²) in [4.78, 5) is 21.2. The number of ether oxygens (including phenoxy) is 1. The first-order valence-electron chi connectivity index (χ1n) is 9.39. The SMILES string of the molecule is COc1cccc2sc(N(CCN(C)C)C(=O)CS(=O)(=O)c3ccc(C)cc3)nc12.Cl. The Morgan fingerprint density at radius 1 is 1.10 bits per heavy atom. The van der Waals surface area contributed by atoms with Crippen LogP contribution < -0.4 is 9.64 Å². The number of nitrogens with zero attached hydrogens (tertiary/aromatic N) is 3. The molecule has 3 rings (SSSR count). The molecule has 1 heterocycles. The first-order chi connectivity index (χ1) is 14.2. The van der Waals surface area contributed by atoms with Crippen LogP contribution in [0.3, 0.4) is 0 Å². The molecule has 7 nitrogen and oxygen atoms in total. The Labute approximate surface area is 193 Å². The van der Waals surface area contributed by atoms with E-state index >= 15 is 0 Å². The van der Waals surface area contributed by atoms with Crippen LogP contribution in [0.5, 0.6) is 5.75 Å². The van der Waals surface area contributed by atoms with E-state index < -0.39 is 21.5 Å². The maximum Gasteiger partial charge on any atom is 0.244 e. The number of rotatable bonds is 8. The van der Waals surface area contributed by atoms with E-state index in [1.807, 2.05) is 38.1 Å². The van der Waals surface area contributed by atoms with Crippen LogP contribution in [0.1, 0.15) is 5.56 Å². The number of anilines is 1. The van der Waals surface area contributed by atoms with E-state index in [0.717, 1.165) is 10.3 Å². The van der Waals surface area contributed by atoms with Gasteiger partial charge in [-0.3, -0.25) is 9.69 Å². The number of hydrogen-bond donors (Lipinski definition) is 0. The molecule has 1 amide bonds. The van der Waals surface area contributed by atoms with E-state index in [1.165, 1.54) is 28.4 Å². The second-order valence-corrected chi connectivity index (χ2v) is 10.2. The standard InChI is InChI=1S/C21H25N3O4S2.ClH/c1-15-8-10-16(11-9-15)30(26,27)14-19(25)24(13-12-23(2)3)21-22-20-17(28-4)6-5-7-18(20)29-21;/h5-11H,12-14H2,1-4H3;1H. The van der Waals surface area contributed by atoms with E-state index in [0.29, 0.717) is 29.5 Å². The molecule has 0 aliphatic rings. The van der Waals surface area contributed by atoms with Gasteiger partial charge in [0.2, 0.25) is 5.91 Å². The van der Waals surface area contributed by atoms with Crippen molar-refractivity contribution in [3.05, 3.63) is 48.0 Å². The summed E-state index contributed by atoms with van der Waals surface area (Å²) in [6, 6.07) is 12.1. The highest BCUT2D eigenvalue weighted by Crippen LogP contribution is 2.34. The Hall–Kier alpha value is -2.20. The van der Waals surface area contributed by atoms with Gasteiger partial charge in [0.05, 0.1) is 16.7 Å². The predicted octanol–water partition coefficient (Wildman–Crippen LogP) is 3.40. The zero-order valence-electron chi connectivity index (χ0n) is 17.9. The van der Waals surface area contributed by atoms with Crippen molar-refractivity contribution in [2.45, 2.75) is 11.8 Å². The number of thiazole rings is 1. The van der Waals surface area contributed by atoms with Gasteiger partial charge in [-0.05, 0) is 45.3 Å². The summed E-state index contributed by atoms with van der Waals surface area (Å²) in [5.41, 5.74) is 1.61. The van der Waals surface area contributed by atoms with Crippen LogP contribution in [0.2, 0.25) is 0 Å². The number of likely N-dealkylation sites (N-methyl/N-ethyl adjacent to an activating group) is 1. The average Bonchev–Trinajstić information content (AvgIpc) is 3.11. The largest absolute Gasteiger partial charge is 0.494 e. The normalized spacial score (nSPS) is 11.4. The van der Waals surface area contributed by atoms with Gasteiger partial charge in [-0.15, -0.1) is 12.4 Å². The van der Waals surface area contributed by atoms with Crippen molar-refractivity contribution >= 4 is 54.8 Å². The summed E-state index contributed by atoms with van der Waals surface area (Å²) in [5.74, 6) is -0.506. The van der Waals surface area contributed by atoms with Gasteiger partial charge >= 0.3 is 0 Å². The number of para-hydroxylation sites is 1. The molecule has 0 unspecified atom stereocenters. The average molecular weight is 484 g/mol. The van der Waals surface area contributed by atoms with Crippen LogP contribution >= 0.6 is 23.7 Å². The molecule has 0 saturated carbocycles. The number of aryl methyl sites for hydroxylation is 1. The first-order valence-corrected chi connectivity index (χ1v) is 11.9. The number of hydrogen-bond acceptors (Lipinski definition) is 7. The van der Waals surface area contributed by atoms with E-state index in [1.54, 1.807) is 25.3 Å². The van der Waals surface area contributed by atoms with Crippen LogP contribution in [0.15, 0.2) is 47.4 Å². The molecule has 0 atom stereocenters. The third-order valence-corrected chi connectivity index (χ3v) is 7.25. The monoisotopic (exact) mass is 483 g/mol. The minimum Gasteiger partial charge on any atom is -0.494 e. The summed E-state index contributed by atoms with van der Waals surface area (Å²) in [5, 5.41) is 0.459. The lowest BCUT2D eigenvalue weighted by Crippen LogP contribution is -2.40. The number of benzene rings is 2. The van der Waals surface area contributed by atoms with Crippen molar-refractivity contribution in [1.82, 2.24) is 9.88 Å². The maximum atomic E-state index is 13.1. The Morgan fingerprint density at radius 2 is 1.77 bits per heavy atom. The maximum absolute atomic E-state index is 13.1. The van der Waals surface area contributed by atoms with Crippen LogP contribution in [0.25, 0.3) is 10.2 Å². The molecule has 168 valence electrons. The van der Waals surface area contributed by atoms with Crippen molar-refractivity contribution in [3.63, 3.8) is 0 Å². The van der Waals surface area contributed by atoms with Crippen molar-refractivity contribution in [2.24, 2.45) is 0 Å². The summed E-state index contributed by atoms with van der Waals surface area (Å²) < 4.78 is 31.8. The highest BCUT2D eigenvalue weighted by atomic mass is 35.5. The zero-order chi connectivity index (χ0) is 21.9. The number of sulfone groups is 1. The van der Waals surface area contributed by atoms with Gasteiger partial charge in [-0.1, -0.05) is 35.1 Å². The highest BCUT2D eigenvalue weighted by molar-refractivity contribution is 7.92. The third kappa shape index (κ3) is 5.94. The lowest BCUT2D eigenvalue weighted by molar-refractivity contribution is -0.116. The lowest BCUT2D eigenvalue weighted by Gasteiger charge is -2.22. The molecule has 0 bridgehead atoms. The van der Waals surface area contributed by atoms with Crippen LogP contribution in [0.4, 0.5) is 5.13 Å². The topological polar surface area (TPSA) is 79.8 Å². The summed E-state index contributed by atoms with van der Waals surface area (Å²) in [6.45, 7) is 2.78. The van der Waals surface area contributed by atoms with Gasteiger partial charge in [0.25, 0.3) is 0 Å². The minimum absolute atomic E-state index is 0. The molecule has 0 saturated heterocycles. The molecule has 0 aliphatic carbocycles. The predicted molar refractivity (Wildman–Crippen MR) is 128 cm³/mol. The molecule has 31 heavy (non-hydrogen) atoms. The van der Waals surface area contributed by atoms with Gasteiger partial charge in [0.15, 0.2) is 15.0 Å². The Morgan fingerprint density at radius 3 is 2.39 bits per heavy atom. The number of fused-ring (bicyclic) bond motifs is 1. The van der Waals surface area contributed by atoms with Crippen molar-refractivity contribution in [1.29, 1.82) is 0 Å². The Balaban J connectivity index is 0.00000341. The number of carbonyl (C=O) groups is 1. The van der Waals surface area contributed by atoms with E-state index in [-0.39, 0.29) is 17.3 Å². The zero-order valence-corrected chi connectivity index (χ0v) is 20.3. The number of amides is 1. The smallest absolute Gasteiger partial charge is 0.244 e. The van der Waals surface area contributed by atoms with Gasteiger partial charge in [0.1, 0.15) is 17.0 Å². The van der Waals surface area contributed by atoms with Gasteiger partial charge in [-0.25, -0.2) is 13.4 Å². The molecule has 3 aromatic rings. The van der Waals surface area contributed by atoms with Crippen molar-refractivity contribution in [2.75, 3.05) is 44.9 Å². The molecule has 1 aromatic heterocycles. The van der Waals surface area contributed by atoms with E-state index in [4.69, 9.17) is 4.74 Å². The highest BCUT2D eigenvalue weighted by Gasteiger charge is 2.27. The molecule has 10 heteroatoms. The minimum atomic E-state index is -3.76.